The van der Waals surface area contributed by atoms with Gasteiger partial charge in [0.15, 0.2) is 5.78 Å². The lowest BCUT2D eigenvalue weighted by Gasteiger charge is -2.01. The average Bonchev–Trinajstić information content (AvgIpc) is 2.37. The van der Waals surface area contributed by atoms with Crippen LogP contribution in [0.5, 0.6) is 0 Å². The van der Waals surface area contributed by atoms with Crippen LogP contribution >= 0.6 is 0 Å². The van der Waals surface area contributed by atoms with Crippen molar-refractivity contribution in [3.8, 4) is 0 Å². The molecule has 17 heavy (non-hydrogen) atoms. The van der Waals surface area contributed by atoms with E-state index in [9.17, 15) is 14.4 Å². The van der Waals surface area contributed by atoms with Crippen molar-refractivity contribution in [1.29, 1.82) is 0 Å². The van der Waals surface area contributed by atoms with Gasteiger partial charge < -0.3 is 4.74 Å². The Morgan fingerprint density at radius 2 is 1.82 bits per heavy atom. The molecule has 0 aliphatic carbocycles. The van der Waals surface area contributed by atoms with E-state index in [0.717, 1.165) is 12.7 Å². The van der Waals surface area contributed by atoms with Crippen LogP contribution < -0.4 is 0 Å². The maximum absolute atomic E-state index is 11.4. The van der Waals surface area contributed by atoms with Crippen molar-refractivity contribution in [2.24, 2.45) is 0 Å². The van der Waals surface area contributed by atoms with Gasteiger partial charge >= 0.3 is 5.97 Å². The number of methoxy groups -OCH3 is 1. The lowest BCUT2D eigenvalue weighted by atomic mass is 10.0. The van der Waals surface area contributed by atoms with E-state index in [1.165, 1.54) is 18.2 Å². The first-order valence-corrected chi connectivity index (χ1v) is 4.95. The molecular formula is C13H12O4. The third kappa shape index (κ3) is 3.38. The molecule has 0 aliphatic heterocycles. The molecule has 4 heteroatoms. The van der Waals surface area contributed by atoms with Crippen LogP contribution in [-0.4, -0.2) is 24.6 Å². The smallest absolute Gasteiger partial charge is 0.379 e. The number of benzene rings is 1. The number of ketones is 2. The van der Waals surface area contributed by atoms with Crippen molar-refractivity contribution >= 4 is 17.5 Å². The second kappa shape index (κ2) is 5.75. The van der Waals surface area contributed by atoms with Gasteiger partial charge in [0.25, 0.3) is 5.78 Å². The molecule has 0 aliphatic rings. The highest BCUT2D eigenvalue weighted by Gasteiger charge is 2.16. The van der Waals surface area contributed by atoms with Gasteiger partial charge in [0.1, 0.15) is 0 Å². The van der Waals surface area contributed by atoms with Gasteiger partial charge in [0.05, 0.1) is 7.11 Å². The first kappa shape index (κ1) is 12.8. The van der Waals surface area contributed by atoms with E-state index >= 15 is 0 Å². The third-order valence-electron chi connectivity index (χ3n) is 2.19. The molecule has 4 nitrogen and oxygen atoms in total. The average molecular weight is 232 g/mol. The molecule has 0 heterocycles. The summed E-state index contributed by atoms with van der Waals surface area (Å²) in [6, 6.07) is 6.23. The second-order valence-corrected chi connectivity index (χ2v) is 3.36. The normalized spacial score (nSPS) is 9.47. The van der Waals surface area contributed by atoms with Gasteiger partial charge in [-0.3, -0.25) is 9.59 Å². The molecule has 0 unspecified atom stereocenters. The number of carbonyl (C=O) groups is 3. The minimum absolute atomic E-state index is 0.1000. The Labute approximate surface area is 98.9 Å². The Balaban J connectivity index is 2.81. The monoisotopic (exact) mass is 232 g/mol. The molecule has 0 atom stereocenters. The van der Waals surface area contributed by atoms with E-state index in [1.54, 1.807) is 12.1 Å². The van der Waals surface area contributed by atoms with Gasteiger partial charge in [0.2, 0.25) is 0 Å². The van der Waals surface area contributed by atoms with E-state index in [0.29, 0.717) is 0 Å². The number of rotatable bonds is 5. The second-order valence-electron chi connectivity index (χ2n) is 3.36. The van der Waals surface area contributed by atoms with Gasteiger partial charge in [0, 0.05) is 12.0 Å². The molecule has 1 aromatic rings. The molecule has 0 spiro atoms. The Kier molecular flexibility index (Phi) is 4.34. The van der Waals surface area contributed by atoms with Crippen molar-refractivity contribution in [3.63, 3.8) is 0 Å². The number of Topliss-reactive ketones (excluding diaryl/α,β-unsaturated/α-hetero) is 1. The Morgan fingerprint density at radius 1 is 1.24 bits per heavy atom. The summed E-state index contributed by atoms with van der Waals surface area (Å²) >= 11 is 0. The molecule has 88 valence electrons. The third-order valence-corrected chi connectivity index (χ3v) is 2.19. The van der Waals surface area contributed by atoms with Crippen LogP contribution in [0.15, 0.2) is 36.9 Å². The zero-order valence-corrected chi connectivity index (χ0v) is 9.43. The van der Waals surface area contributed by atoms with Crippen LogP contribution in [0.3, 0.4) is 0 Å². The molecule has 0 bridgehead atoms. The van der Waals surface area contributed by atoms with Gasteiger partial charge in [-0.1, -0.05) is 30.8 Å². The van der Waals surface area contributed by atoms with Gasteiger partial charge in [-0.2, -0.15) is 0 Å². The highest BCUT2D eigenvalue weighted by atomic mass is 16.5. The van der Waals surface area contributed by atoms with Crippen molar-refractivity contribution in [2.75, 3.05) is 7.11 Å². The summed E-state index contributed by atoms with van der Waals surface area (Å²) in [6.07, 6.45) is 1.48. The lowest BCUT2D eigenvalue weighted by Crippen LogP contribution is -2.15. The zero-order valence-electron chi connectivity index (χ0n) is 9.43. The summed E-state index contributed by atoms with van der Waals surface area (Å²) in [5.41, 5.74) is 1.00. The van der Waals surface area contributed by atoms with Crippen molar-refractivity contribution < 1.29 is 19.1 Å². The van der Waals surface area contributed by atoms with E-state index in [4.69, 9.17) is 0 Å². The fourth-order valence-electron chi connectivity index (χ4n) is 1.26. The SMILES string of the molecule is C=CC(=O)Cc1ccc(C(=O)C(=O)OC)cc1. The van der Waals surface area contributed by atoms with Crippen LogP contribution in [0.1, 0.15) is 15.9 Å². The molecule has 0 fully saturated rings. The number of hydrogen-bond acceptors (Lipinski definition) is 4. The van der Waals surface area contributed by atoms with E-state index in [1.807, 2.05) is 0 Å². The van der Waals surface area contributed by atoms with Crippen LogP contribution in [0, 0.1) is 0 Å². The Bertz CT molecular complexity index is 457. The van der Waals surface area contributed by atoms with Crippen LogP contribution in [0.25, 0.3) is 0 Å². The lowest BCUT2D eigenvalue weighted by molar-refractivity contribution is -0.135. The fraction of sp³-hybridized carbons (Fsp3) is 0.154. The number of carbonyl (C=O) groups excluding carboxylic acids is 3. The molecule has 0 saturated heterocycles. The summed E-state index contributed by atoms with van der Waals surface area (Å²) < 4.78 is 4.32. The maximum atomic E-state index is 11.4. The van der Waals surface area contributed by atoms with Gasteiger partial charge in [-0.25, -0.2) is 4.79 Å². The zero-order chi connectivity index (χ0) is 12.8. The Morgan fingerprint density at radius 3 is 2.29 bits per heavy atom. The molecule has 0 aromatic heterocycles. The van der Waals surface area contributed by atoms with Crippen LogP contribution in [-0.2, 0) is 20.7 Å². The standard InChI is InChI=1S/C13H12O4/c1-3-11(14)8-9-4-6-10(7-5-9)12(15)13(16)17-2/h3-7H,1,8H2,2H3. The largest absolute Gasteiger partial charge is 0.463 e. The molecule has 1 aromatic carbocycles. The molecule has 0 N–H and O–H groups in total. The minimum atomic E-state index is -0.903. The topological polar surface area (TPSA) is 60.4 Å². The van der Waals surface area contributed by atoms with Crippen LogP contribution in [0.4, 0.5) is 0 Å². The number of esters is 1. The summed E-state index contributed by atoms with van der Waals surface area (Å²) in [5, 5.41) is 0. The van der Waals surface area contributed by atoms with Crippen molar-refractivity contribution in [1.82, 2.24) is 0 Å². The molecular weight excluding hydrogens is 220 g/mol. The van der Waals surface area contributed by atoms with E-state index < -0.39 is 11.8 Å². The quantitative estimate of drug-likeness (QED) is 0.332. The number of hydrogen-bond donors (Lipinski definition) is 0. The maximum Gasteiger partial charge on any atom is 0.379 e. The molecule has 0 saturated carbocycles. The predicted octanol–water partition coefficient (Wildman–Crippen LogP) is 1.34. The van der Waals surface area contributed by atoms with Crippen molar-refractivity contribution in [3.05, 3.63) is 48.0 Å². The first-order chi connectivity index (χ1) is 8.08. The molecule has 0 amide bonds. The summed E-state index contributed by atoms with van der Waals surface area (Å²) in [6.45, 7) is 3.37. The summed E-state index contributed by atoms with van der Waals surface area (Å²) in [7, 11) is 1.15. The Hall–Kier alpha value is -2.23. The van der Waals surface area contributed by atoms with Gasteiger partial charge in [-0.05, 0) is 11.6 Å². The number of ether oxygens (including phenoxy) is 1. The van der Waals surface area contributed by atoms with E-state index in [2.05, 4.69) is 11.3 Å². The highest BCUT2D eigenvalue weighted by Crippen LogP contribution is 2.07. The predicted molar refractivity (Wildman–Crippen MR) is 61.7 cm³/mol. The molecule has 1 rings (SSSR count). The van der Waals surface area contributed by atoms with Gasteiger partial charge in [-0.15, -0.1) is 0 Å². The number of allylic oxidation sites excluding steroid dienone is 1. The van der Waals surface area contributed by atoms with E-state index in [-0.39, 0.29) is 17.8 Å². The summed E-state index contributed by atoms with van der Waals surface area (Å²) in [4.78, 5) is 33.5. The first-order valence-electron chi connectivity index (χ1n) is 4.95. The molecule has 0 radical (unpaired) electrons. The fourth-order valence-corrected chi connectivity index (χ4v) is 1.26. The highest BCUT2D eigenvalue weighted by molar-refractivity contribution is 6.40. The minimum Gasteiger partial charge on any atom is -0.463 e. The van der Waals surface area contributed by atoms with Crippen LogP contribution in [0.2, 0.25) is 0 Å². The van der Waals surface area contributed by atoms with Crippen molar-refractivity contribution in [2.45, 2.75) is 6.42 Å². The summed E-state index contributed by atoms with van der Waals surface area (Å²) in [5.74, 6) is -1.70.